The number of methoxy groups -OCH3 is 2. The van der Waals surface area contributed by atoms with E-state index in [0.717, 1.165) is 0 Å². The van der Waals surface area contributed by atoms with E-state index in [1.807, 2.05) is 4.90 Å². The van der Waals surface area contributed by atoms with Crippen LogP contribution in [-0.4, -0.2) is 62.0 Å². The monoisotopic (exact) mass is 216 g/mol. The largest absolute Gasteiger partial charge is 0.369 e. The van der Waals surface area contributed by atoms with Crippen molar-refractivity contribution in [2.75, 3.05) is 40.8 Å². The van der Waals surface area contributed by atoms with Crippen molar-refractivity contribution in [2.45, 2.75) is 19.4 Å². The predicted octanol–water partition coefficient (Wildman–Crippen LogP) is 0.117. The topological polar surface area (TPSA) is 42.0 Å². The summed E-state index contributed by atoms with van der Waals surface area (Å²) in [6.07, 6.45) is 0. The number of nitrogens with zero attached hydrogens (tertiary/aromatic N) is 2. The Bertz CT molecular complexity index is 231. The van der Waals surface area contributed by atoms with Crippen molar-refractivity contribution in [2.24, 2.45) is 0 Å². The molecule has 5 heteroatoms. The summed E-state index contributed by atoms with van der Waals surface area (Å²) in [6.45, 7) is 6.11. The fourth-order valence-electron chi connectivity index (χ4n) is 1.78. The summed E-state index contributed by atoms with van der Waals surface area (Å²) in [6, 6.07) is 0. The molecule has 1 amide bonds. The number of hydrogen-bond acceptors (Lipinski definition) is 4. The van der Waals surface area contributed by atoms with Crippen LogP contribution in [0.1, 0.15) is 13.8 Å². The van der Waals surface area contributed by atoms with Crippen LogP contribution in [0.5, 0.6) is 0 Å². The minimum Gasteiger partial charge on any atom is -0.369 e. The van der Waals surface area contributed by atoms with Gasteiger partial charge in [0.15, 0.2) is 0 Å². The molecule has 1 heterocycles. The summed E-state index contributed by atoms with van der Waals surface area (Å²) >= 11 is 0. The van der Waals surface area contributed by atoms with Crippen molar-refractivity contribution in [1.82, 2.24) is 9.80 Å². The summed E-state index contributed by atoms with van der Waals surface area (Å²) < 4.78 is 10.1. The number of piperazine rings is 1. The SMILES string of the molecule is COCN1CC(C)(C)N(COC)CC1=O. The Morgan fingerprint density at radius 3 is 2.40 bits per heavy atom. The molecule has 5 nitrogen and oxygen atoms in total. The lowest BCUT2D eigenvalue weighted by Crippen LogP contribution is -2.62. The van der Waals surface area contributed by atoms with E-state index in [4.69, 9.17) is 9.47 Å². The maximum Gasteiger partial charge on any atom is 0.238 e. The van der Waals surface area contributed by atoms with Gasteiger partial charge in [0.1, 0.15) is 6.73 Å². The van der Waals surface area contributed by atoms with Gasteiger partial charge in [-0.05, 0) is 13.8 Å². The minimum atomic E-state index is -0.0670. The molecule has 1 aliphatic heterocycles. The number of carbonyl (C=O) groups excluding carboxylic acids is 1. The molecule has 1 aliphatic rings. The molecule has 0 aromatic carbocycles. The van der Waals surface area contributed by atoms with Gasteiger partial charge in [-0.3, -0.25) is 9.69 Å². The lowest BCUT2D eigenvalue weighted by Gasteiger charge is -2.45. The van der Waals surface area contributed by atoms with Gasteiger partial charge in [-0.25, -0.2) is 0 Å². The second kappa shape index (κ2) is 4.92. The molecule has 0 aromatic heterocycles. The highest BCUT2D eigenvalue weighted by Crippen LogP contribution is 2.20. The molecule has 0 saturated carbocycles. The van der Waals surface area contributed by atoms with Crippen molar-refractivity contribution in [3.05, 3.63) is 0 Å². The van der Waals surface area contributed by atoms with Gasteiger partial charge >= 0.3 is 0 Å². The smallest absolute Gasteiger partial charge is 0.238 e. The van der Waals surface area contributed by atoms with Crippen LogP contribution in [0.15, 0.2) is 0 Å². The highest BCUT2D eigenvalue weighted by atomic mass is 16.5. The van der Waals surface area contributed by atoms with Crippen LogP contribution >= 0.6 is 0 Å². The standard InChI is InChI=1S/C10H20N2O3/c1-10(2)6-11(7-14-3)9(13)5-12(10)8-15-4/h5-8H2,1-4H3. The summed E-state index contributed by atoms with van der Waals surface area (Å²) in [4.78, 5) is 15.5. The first-order chi connectivity index (χ1) is 7.01. The molecule has 0 N–H and O–H groups in total. The number of ether oxygens (including phenoxy) is 2. The number of carbonyl (C=O) groups is 1. The molecule has 0 radical (unpaired) electrons. The Labute approximate surface area is 90.9 Å². The fourth-order valence-corrected chi connectivity index (χ4v) is 1.78. The molecule has 88 valence electrons. The third kappa shape index (κ3) is 2.90. The third-order valence-corrected chi connectivity index (χ3v) is 2.68. The summed E-state index contributed by atoms with van der Waals surface area (Å²) in [5.74, 6) is 0.0909. The highest BCUT2D eigenvalue weighted by Gasteiger charge is 2.37. The fraction of sp³-hybridized carbons (Fsp3) is 0.900. The minimum absolute atomic E-state index is 0.0670. The van der Waals surface area contributed by atoms with Crippen LogP contribution in [0.4, 0.5) is 0 Å². The van der Waals surface area contributed by atoms with Gasteiger partial charge < -0.3 is 14.4 Å². The van der Waals surface area contributed by atoms with Crippen molar-refractivity contribution >= 4 is 5.91 Å². The van der Waals surface area contributed by atoms with E-state index in [0.29, 0.717) is 26.6 Å². The van der Waals surface area contributed by atoms with Gasteiger partial charge in [-0.2, -0.15) is 0 Å². The van der Waals surface area contributed by atoms with Crippen molar-refractivity contribution in [1.29, 1.82) is 0 Å². The Hall–Kier alpha value is -0.650. The number of hydrogen-bond donors (Lipinski definition) is 0. The van der Waals surface area contributed by atoms with Gasteiger partial charge in [-0.15, -0.1) is 0 Å². The maximum atomic E-state index is 11.7. The zero-order chi connectivity index (χ0) is 11.5. The normalized spacial score (nSPS) is 22.1. The summed E-state index contributed by atoms with van der Waals surface area (Å²) in [5.41, 5.74) is -0.0670. The van der Waals surface area contributed by atoms with E-state index >= 15 is 0 Å². The van der Waals surface area contributed by atoms with Crippen molar-refractivity contribution in [3.8, 4) is 0 Å². The van der Waals surface area contributed by atoms with E-state index < -0.39 is 0 Å². The van der Waals surface area contributed by atoms with E-state index in [1.54, 1.807) is 19.1 Å². The summed E-state index contributed by atoms with van der Waals surface area (Å²) in [7, 11) is 3.24. The average Bonchev–Trinajstić information content (AvgIpc) is 2.14. The third-order valence-electron chi connectivity index (χ3n) is 2.68. The van der Waals surface area contributed by atoms with E-state index in [-0.39, 0.29) is 11.4 Å². The molecule has 1 fully saturated rings. The van der Waals surface area contributed by atoms with E-state index in [9.17, 15) is 4.79 Å². The first-order valence-electron chi connectivity index (χ1n) is 5.02. The molecule has 1 saturated heterocycles. The zero-order valence-corrected chi connectivity index (χ0v) is 9.95. The lowest BCUT2D eigenvalue weighted by atomic mass is 10.00. The van der Waals surface area contributed by atoms with Crippen LogP contribution in [0.2, 0.25) is 0 Å². The van der Waals surface area contributed by atoms with E-state index in [1.165, 1.54) is 0 Å². The van der Waals surface area contributed by atoms with Crippen LogP contribution in [-0.2, 0) is 14.3 Å². The van der Waals surface area contributed by atoms with Gasteiger partial charge in [-0.1, -0.05) is 0 Å². The first kappa shape index (κ1) is 12.4. The number of rotatable bonds is 4. The van der Waals surface area contributed by atoms with E-state index in [2.05, 4.69) is 13.8 Å². The Morgan fingerprint density at radius 1 is 1.27 bits per heavy atom. The van der Waals surface area contributed by atoms with Crippen LogP contribution in [0, 0.1) is 0 Å². The van der Waals surface area contributed by atoms with Crippen LogP contribution in [0.25, 0.3) is 0 Å². The first-order valence-corrected chi connectivity index (χ1v) is 5.02. The van der Waals surface area contributed by atoms with Crippen LogP contribution < -0.4 is 0 Å². The Morgan fingerprint density at radius 2 is 1.87 bits per heavy atom. The number of amides is 1. The molecule has 0 atom stereocenters. The molecule has 15 heavy (non-hydrogen) atoms. The zero-order valence-electron chi connectivity index (χ0n) is 9.95. The maximum absolute atomic E-state index is 11.7. The molecule has 0 unspecified atom stereocenters. The molecule has 0 aliphatic carbocycles. The molecule has 1 rings (SSSR count). The second-order valence-electron chi connectivity index (χ2n) is 4.44. The predicted molar refractivity (Wildman–Crippen MR) is 56.3 cm³/mol. The molecular formula is C10H20N2O3. The Balaban J connectivity index is 2.65. The molecule has 0 aromatic rings. The average molecular weight is 216 g/mol. The summed E-state index contributed by atoms with van der Waals surface area (Å²) in [5, 5.41) is 0. The molecule has 0 spiro atoms. The van der Waals surface area contributed by atoms with Crippen molar-refractivity contribution in [3.63, 3.8) is 0 Å². The molecule has 0 bridgehead atoms. The highest BCUT2D eigenvalue weighted by molar-refractivity contribution is 5.79. The van der Waals surface area contributed by atoms with Gasteiger partial charge in [0.2, 0.25) is 5.91 Å². The quantitative estimate of drug-likeness (QED) is 0.669. The Kier molecular flexibility index (Phi) is 4.07. The van der Waals surface area contributed by atoms with Crippen LogP contribution in [0.3, 0.4) is 0 Å². The van der Waals surface area contributed by atoms with Gasteiger partial charge in [0.25, 0.3) is 0 Å². The van der Waals surface area contributed by atoms with Gasteiger partial charge in [0, 0.05) is 26.3 Å². The second-order valence-corrected chi connectivity index (χ2v) is 4.44. The van der Waals surface area contributed by atoms with Gasteiger partial charge in [0.05, 0.1) is 13.3 Å². The van der Waals surface area contributed by atoms with Crippen molar-refractivity contribution < 1.29 is 14.3 Å². The lowest BCUT2D eigenvalue weighted by molar-refractivity contribution is -0.153. The molecular weight excluding hydrogens is 196 g/mol.